The third-order valence-electron chi connectivity index (χ3n) is 3.25. The average molecular weight is 323 g/mol. The van der Waals surface area contributed by atoms with Gasteiger partial charge >= 0.3 is 7.12 Å². The highest BCUT2D eigenvalue weighted by Crippen LogP contribution is 2.20. The second kappa shape index (κ2) is 6.49. The van der Waals surface area contributed by atoms with Crippen LogP contribution in [0.5, 0.6) is 0 Å². The van der Waals surface area contributed by atoms with Crippen LogP contribution in [0.1, 0.15) is 12.8 Å². The van der Waals surface area contributed by atoms with Crippen molar-refractivity contribution < 1.29 is 18.9 Å². The van der Waals surface area contributed by atoms with Gasteiger partial charge in [-0.3, -0.25) is 9.59 Å². The summed E-state index contributed by atoms with van der Waals surface area (Å²) in [5.74, 6) is -0.740. The zero-order valence-corrected chi connectivity index (χ0v) is 12.7. The molecule has 0 radical (unpaired) electrons. The van der Waals surface area contributed by atoms with Gasteiger partial charge in [0.25, 0.3) is 5.97 Å². The van der Waals surface area contributed by atoms with E-state index in [-0.39, 0.29) is 30.2 Å². The SMILES string of the molecule is Cn1nnnc1SCC(=O)N[C@H]1CC=C[C@@H]2CC(=O)OB1O2. The lowest BCUT2D eigenvalue weighted by Crippen LogP contribution is -2.53. The van der Waals surface area contributed by atoms with Crippen molar-refractivity contribution >= 4 is 30.8 Å². The third-order valence-corrected chi connectivity index (χ3v) is 4.26. The van der Waals surface area contributed by atoms with Gasteiger partial charge in [-0.05, 0) is 16.8 Å². The molecular weight excluding hydrogens is 309 g/mol. The van der Waals surface area contributed by atoms with E-state index in [1.807, 2.05) is 12.2 Å². The summed E-state index contributed by atoms with van der Waals surface area (Å²) >= 11 is 1.23. The Morgan fingerprint density at radius 2 is 2.50 bits per heavy atom. The summed E-state index contributed by atoms with van der Waals surface area (Å²) in [6, 6.07) is 0. The fourth-order valence-corrected chi connectivity index (χ4v) is 2.88. The van der Waals surface area contributed by atoms with Crippen molar-refractivity contribution in [3.63, 3.8) is 0 Å². The molecule has 116 valence electrons. The lowest BCUT2D eigenvalue weighted by Gasteiger charge is -2.28. The van der Waals surface area contributed by atoms with Crippen LogP contribution in [0.3, 0.4) is 0 Å². The van der Waals surface area contributed by atoms with Crippen LogP contribution in [0.2, 0.25) is 0 Å². The Bertz CT molecular complexity index is 609. The predicted octanol–water partition coefficient (Wildman–Crippen LogP) is -0.894. The minimum absolute atomic E-state index is 0.165. The summed E-state index contributed by atoms with van der Waals surface area (Å²) in [4.78, 5) is 23.5. The molecular formula is C11H14BN5O4S. The highest BCUT2D eigenvalue weighted by Gasteiger charge is 2.41. The van der Waals surface area contributed by atoms with E-state index in [9.17, 15) is 9.59 Å². The van der Waals surface area contributed by atoms with Crippen molar-refractivity contribution in [3.8, 4) is 0 Å². The standard InChI is InChI=1S/C11H14BN5O4S/c1-17-11(14-15-16-17)22-6-9(18)13-8-4-2-3-7-5-10(19)21-12(8)20-7/h2-3,7-8H,4-6H2,1H3,(H,13,18)/t7-,8+/m1/s1. The van der Waals surface area contributed by atoms with Crippen molar-refractivity contribution in [2.24, 2.45) is 7.05 Å². The molecule has 3 rings (SSSR count). The number of hydrogen-bond donors (Lipinski definition) is 1. The van der Waals surface area contributed by atoms with E-state index in [2.05, 4.69) is 20.8 Å². The van der Waals surface area contributed by atoms with Crippen molar-refractivity contribution in [2.45, 2.75) is 30.0 Å². The van der Waals surface area contributed by atoms with Gasteiger partial charge in [0.1, 0.15) is 0 Å². The van der Waals surface area contributed by atoms with Crippen molar-refractivity contribution in [2.75, 3.05) is 5.75 Å². The van der Waals surface area contributed by atoms with Crippen LogP contribution in [-0.2, 0) is 25.9 Å². The van der Waals surface area contributed by atoms with E-state index in [1.54, 1.807) is 7.05 Å². The first-order chi connectivity index (χ1) is 10.6. The monoisotopic (exact) mass is 323 g/mol. The highest BCUT2D eigenvalue weighted by atomic mass is 32.2. The van der Waals surface area contributed by atoms with Crippen molar-refractivity contribution in [1.29, 1.82) is 0 Å². The first-order valence-corrected chi connectivity index (χ1v) is 7.76. The largest absolute Gasteiger partial charge is 0.552 e. The number of thioether (sulfide) groups is 1. The normalized spacial score (nSPS) is 23.9. The quantitative estimate of drug-likeness (QED) is 0.432. The number of hydrogen-bond acceptors (Lipinski definition) is 8. The van der Waals surface area contributed by atoms with Crippen LogP contribution in [0.4, 0.5) is 0 Å². The summed E-state index contributed by atoms with van der Waals surface area (Å²) < 4.78 is 12.3. The van der Waals surface area contributed by atoms with Crippen molar-refractivity contribution in [1.82, 2.24) is 25.5 Å². The van der Waals surface area contributed by atoms with Gasteiger partial charge < -0.3 is 14.6 Å². The maximum absolute atomic E-state index is 12.0. The number of fused-ring (bicyclic) bond motifs is 2. The van der Waals surface area contributed by atoms with Crippen LogP contribution in [0.25, 0.3) is 0 Å². The molecule has 2 atom stereocenters. The number of tetrazole rings is 1. The lowest BCUT2D eigenvalue weighted by molar-refractivity contribution is -0.141. The minimum atomic E-state index is -0.744. The van der Waals surface area contributed by atoms with Crippen LogP contribution in [-0.4, -0.2) is 57.0 Å². The molecule has 2 bridgehead atoms. The number of aromatic nitrogens is 4. The molecule has 9 nitrogen and oxygen atoms in total. The maximum atomic E-state index is 12.0. The second-order valence-electron chi connectivity index (χ2n) is 4.95. The fraction of sp³-hybridized carbons (Fsp3) is 0.545. The molecule has 0 aliphatic carbocycles. The summed E-state index contributed by atoms with van der Waals surface area (Å²) in [6.45, 7) is 0. The van der Waals surface area contributed by atoms with Gasteiger partial charge in [0.15, 0.2) is 0 Å². The average Bonchev–Trinajstić information content (AvgIpc) is 2.82. The van der Waals surface area contributed by atoms with Gasteiger partial charge in [0.05, 0.1) is 24.2 Å². The Kier molecular flexibility index (Phi) is 4.43. The van der Waals surface area contributed by atoms with Crippen LogP contribution < -0.4 is 5.32 Å². The summed E-state index contributed by atoms with van der Waals surface area (Å²) in [5, 5.41) is 14.4. The zero-order valence-electron chi connectivity index (χ0n) is 11.8. The molecule has 1 fully saturated rings. The number of amides is 1. The molecule has 1 N–H and O–H groups in total. The van der Waals surface area contributed by atoms with Gasteiger partial charge in [-0.1, -0.05) is 23.9 Å². The number of nitrogens with one attached hydrogen (secondary N) is 1. The molecule has 11 heteroatoms. The molecule has 0 unspecified atom stereocenters. The Morgan fingerprint density at radius 3 is 3.27 bits per heavy atom. The van der Waals surface area contributed by atoms with Gasteiger partial charge in [0, 0.05) is 7.05 Å². The molecule has 0 spiro atoms. The van der Waals surface area contributed by atoms with Crippen LogP contribution in [0.15, 0.2) is 17.3 Å². The maximum Gasteiger partial charge on any atom is 0.552 e. The first kappa shape index (κ1) is 15.0. The second-order valence-corrected chi connectivity index (χ2v) is 5.89. The summed E-state index contributed by atoms with van der Waals surface area (Å²) in [6.07, 6.45) is 4.22. The molecule has 0 aromatic carbocycles. The van der Waals surface area contributed by atoms with E-state index in [4.69, 9.17) is 9.31 Å². The number of nitrogens with zero attached hydrogens (tertiary/aromatic N) is 4. The van der Waals surface area contributed by atoms with Crippen molar-refractivity contribution in [3.05, 3.63) is 12.2 Å². The Labute approximate surface area is 130 Å². The Morgan fingerprint density at radius 1 is 1.64 bits per heavy atom. The Hall–Kier alpha value is -1.88. The zero-order chi connectivity index (χ0) is 15.5. The third kappa shape index (κ3) is 3.47. The van der Waals surface area contributed by atoms with Gasteiger partial charge in [-0.15, -0.1) is 5.10 Å². The molecule has 2 aliphatic heterocycles. The van der Waals surface area contributed by atoms with Gasteiger partial charge in [0.2, 0.25) is 11.1 Å². The molecule has 1 amide bonds. The van der Waals surface area contributed by atoms with E-state index >= 15 is 0 Å². The smallest absolute Gasteiger partial charge is 0.508 e. The Balaban J connectivity index is 1.55. The summed E-state index contributed by atoms with van der Waals surface area (Å²) in [5.41, 5.74) is 0. The van der Waals surface area contributed by atoms with E-state index in [0.29, 0.717) is 11.6 Å². The topological polar surface area (TPSA) is 108 Å². The number of aryl methyl sites for hydroxylation is 1. The minimum Gasteiger partial charge on any atom is -0.508 e. The van der Waals surface area contributed by atoms with E-state index in [1.165, 1.54) is 16.4 Å². The lowest BCUT2D eigenvalue weighted by atomic mass is 9.75. The van der Waals surface area contributed by atoms with E-state index in [0.717, 1.165) is 0 Å². The molecule has 22 heavy (non-hydrogen) atoms. The van der Waals surface area contributed by atoms with E-state index < -0.39 is 13.1 Å². The molecule has 1 aromatic rings. The first-order valence-electron chi connectivity index (χ1n) is 6.78. The molecule has 1 aromatic heterocycles. The molecule has 0 saturated carbocycles. The molecule has 1 saturated heterocycles. The number of carbonyl (C=O) groups excluding carboxylic acids is 2. The van der Waals surface area contributed by atoms with Crippen LogP contribution >= 0.6 is 11.8 Å². The van der Waals surface area contributed by atoms with Crippen LogP contribution in [0, 0.1) is 0 Å². The number of carbonyl (C=O) groups is 2. The predicted molar refractivity (Wildman–Crippen MR) is 76.5 cm³/mol. The highest BCUT2D eigenvalue weighted by molar-refractivity contribution is 7.99. The fourth-order valence-electron chi connectivity index (χ4n) is 2.22. The van der Waals surface area contributed by atoms with Gasteiger partial charge in [-0.25, -0.2) is 4.68 Å². The molecule has 3 heterocycles. The summed E-state index contributed by atoms with van der Waals surface area (Å²) in [7, 11) is 0.956. The van der Waals surface area contributed by atoms with Gasteiger partial charge in [-0.2, -0.15) is 0 Å². The number of rotatable bonds is 4. The molecule has 2 aliphatic rings.